The molecule has 0 radical (unpaired) electrons. The van der Waals surface area contributed by atoms with Crippen LogP contribution in [0.4, 0.5) is 9.59 Å². The van der Waals surface area contributed by atoms with Gasteiger partial charge in [0.25, 0.3) is 0 Å². The predicted octanol–water partition coefficient (Wildman–Crippen LogP) is 5.88. The molecule has 12 heteroatoms. The zero-order valence-electron chi connectivity index (χ0n) is 24.3. The highest BCUT2D eigenvalue weighted by atomic mass is 32.2. The third-order valence-corrected chi connectivity index (χ3v) is 8.46. The lowest BCUT2D eigenvalue weighted by atomic mass is 9.89. The van der Waals surface area contributed by atoms with E-state index >= 15 is 0 Å². The van der Waals surface area contributed by atoms with Crippen molar-refractivity contribution in [1.29, 1.82) is 0 Å². The van der Waals surface area contributed by atoms with Gasteiger partial charge in [-0.05, 0) is 56.9 Å². The fourth-order valence-corrected chi connectivity index (χ4v) is 5.79. The number of alkyl carbamates (subject to hydrolysis) is 1. The molecule has 1 N–H and O–H groups in total. The number of carbonyl (C=O) groups excluding carboxylic acids is 5. The highest BCUT2D eigenvalue weighted by molar-refractivity contribution is 8.14. The van der Waals surface area contributed by atoms with Crippen molar-refractivity contribution in [2.24, 2.45) is 11.8 Å². The number of nitrogens with one attached hydrogen (secondary N) is 1. The maximum Gasteiger partial charge on any atom is 0.410 e. The lowest BCUT2D eigenvalue weighted by Crippen LogP contribution is -2.53. The molecule has 42 heavy (non-hydrogen) atoms. The Morgan fingerprint density at radius 1 is 0.786 bits per heavy atom. The van der Waals surface area contributed by atoms with Crippen LogP contribution in [-0.2, 0) is 44.7 Å². The molecule has 0 heterocycles. The number of carbonyl (C=O) groups is 5. The summed E-state index contributed by atoms with van der Waals surface area (Å²) in [4.78, 5) is 62.8. The third kappa shape index (κ3) is 11.2. The zero-order chi connectivity index (χ0) is 30.4. The molecule has 0 unspecified atom stereocenters. The number of benzene rings is 1. The van der Waals surface area contributed by atoms with Crippen molar-refractivity contribution in [3.05, 3.63) is 35.9 Å². The first kappa shape index (κ1) is 33.2. The Morgan fingerprint density at radius 3 is 1.86 bits per heavy atom. The van der Waals surface area contributed by atoms with Gasteiger partial charge in [0.15, 0.2) is 0 Å². The maximum atomic E-state index is 13.1. The topological polar surface area (TPSA) is 144 Å². The van der Waals surface area contributed by atoms with Gasteiger partial charge in [0.1, 0.15) is 12.6 Å². The van der Waals surface area contributed by atoms with E-state index in [1.165, 1.54) is 0 Å². The van der Waals surface area contributed by atoms with Crippen molar-refractivity contribution < 1.29 is 49.1 Å². The van der Waals surface area contributed by atoms with Gasteiger partial charge in [-0.3, -0.25) is 9.59 Å². The minimum Gasteiger partial charge on any atom is -0.459 e. The molecule has 0 saturated heterocycles. The third-order valence-electron chi connectivity index (χ3n) is 7.41. The summed E-state index contributed by atoms with van der Waals surface area (Å²) in [5.41, 5.74) is 0.728. The number of hydrogen-bond donors (Lipinski definition) is 1. The summed E-state index contributed by atoms with van der Waals surface area (Å²) in [7, 11) is 0. The summed E-state index contributed by atoms with van der Waals surface area (Å²) >= 11 is 0.628. The largest absolute Gasteiger partial charge is 0.459 e. The molecule has 0 aromatic heterocycles. The van der Waals surface area contributed by atoms with Gasteiger partial charge in [0.05, 0.1) is 16.6 Å². The number of ether oxygens (including phenoxy) is 5. The van der Waals surface area contributed by atoms with Crippen LogP contribution in [0.5, 0.6) is 0 Å². The van der Waals surface area contributed by atoms with Gasteiger partial charge in [-0.15, -0.1) is 0 Å². The molecule has 2 saturated carbocycles. The van der Waals surface area contributed by atoms with E-state index in [0.717, 1.165) is 69.8 Å². The minimum atomic E-state index is -1.36. The summed E-state index contributed by atoms with van der Waals surface area (Å²) in [6.45, 7) is 1.86. The van der Waals surface area contributed by atoms with Crippen LogP contribution in [-0.4, -0.2) is 53.7 Å². The van der Waals surface area contributed by atoms with Gasteiger partial charge in [0.2, 0.25) is 13.6 Å². The number of hydrogen-bond acceptors (Lipinski definition) is 11. The van der Waals surface area contributed by atoms with E-state index in [2.05, 4.69) is 5.32 Å². The molecule has 1 atom stereocenters. The summed E-state index contributed by atoms with van der Waals surface area (Å²) in [5, 5.41) is 1.62. The van der Waals surface area contributed by atoms with Crippen LogP contribution in [0.25, 0.3) is 0 Å². The van der Waals surface area contributed by atoms with Crippen LogP contribution in [0.15, 0.2) is 30.3 Å². The summed E-state index contributed by atoms with van der Waals surface area (Å²) < 4.78 is 24.5. The van der Waals surface area contributed by atoms with E-state index in [-0.39, 0.29) is 19.9 Å². The quantitative estimate of drug-likeness (QED) is 0.172. The van der Waals surface area contributed by atoms with Gasteiger partial charge in [0, 0.05) is 1.43 Å². The Morgan fingerprint density at radius 2 is 1.31 bits per heavy atom. The van der Waals surface area contributed by atoms with Crippen LogP contribution < -0.4 is 5.32 Å². The number of rotatable bonds is 12. The fourth-order valence-electron chi connectivity index (χ4n) is 4.98. The first-order valence-corrected chi connectivity index (χ1v) is 15.3. The van der Waals surface area contributed by atoms with Gasteiger partial charge < -0.3 is 29.0 Å². The summed E-state index contributed by atoms with van der Waals surface area (Å²) in [6.07, 6.45) is 7.95. The molecule has 0 bridgehead atoms. The van der Waals surface area contributed by atoms with E-state index in [1.807, 2.05) is 6.07 Å². The normalized spacial score (nSPS) is 16.9. The Hall–Kier alpha value is -3.28. The van der Waals surface area contributed by atoms with Crippen molar-refractivity contribution in [3.8, 4) is 0 Å². The van der Waals surface area contributed by atoms with Gasteiger partial charge >= 0.3 is 29.3 Å². The SMILES string of the molecule is CC(C)(SC(=O)OCOC(=O)C1CCCCC1)[C@@H](NC(=O)OCOC(=O)C1CCCCC1)C(=O)OCc1ccccc1.[HH]. The number of esters is 3. The molecule has 3 rings (SSSR count). The van der Waals surface area contributed by atoms with Crippen LogP contribution in [0, 0.1) is 11.8 Å². The van der Waals surface area contributed by atoms with Crippen molar-refractivity contribution in [1.82, 2.24) is 5.32 Å². The second kappa shape index (κ2) is 17.0. The second-order valence-corrected chi connectivity index (χ2v) is 12.6. The minimum absolute atomic E-state index is 0. The first-order chi connectivity index (χ1) is 20.2. The molecule has 2 aliphatic rings. The number of amides is 1. The van der Waals surface area contributed by atoms with E-state index in [4.69, 9.17) is 23.7 Å². The zero-order valence-corrected chi connectivity index (χ0v) is 25.1. The maximum absolute atomic E-state index is 13.1. The van der Waals surface area contributed by atoms with E-state index in [0.29, 0.717) is 11.8 Å². The van der Waals surface area contributed by atoms with Gasteiger partial charge in [-0.25, -0.2) is 14.4 Å². The number of thioether (sulfide) groups is 1. The molecule has 234 valence electrons. The molecule has 0 spiro atoms. The average molecular weight is 610 g/mol. The molecular weight excluding hydrogens is 566 g/mol. The molecule has 2 fully saturated rings. The lowest BCUT2D eigenvalue weighted by Gasteiger charge is -2.31. The van der Waals surface area contributed by atoms with Crippen LogP contribution >= 0.6 is 11.8 Å². The highest BCUT2D eigenvalue weighted by Gasteiger charge is 2.41. The van der Waals surface area contributed by atoms with E-state index in [1.54, 1.807) is 38.1 Å². The van der Waals surface area contributed by atoms with E-state index in [9.17, 15) is 24.0 Å². The van der Waals surface area contributed by atoms with Crippen LogP contribution in [0.2, 0.25) is 0 Å². The van der Waals surface area contributed by atoms with Crippen molar-refractivity contribution in [2.45, 2.75) is 95.5 Å². The highest BCUT2D eigenvalue weighted by Crippen LogP contribution is 2.31. The van der Waals surface area contributed by atoms with Gasteiger partial charge in [-0.2, -0.15) is 0 Å². The van der Waals surface area contributed by atoms with Crippen molar-refractivity contribution in [3.63, 3.8) is 0 Å². The van der Waals surface area contributed by atoms with Gasteiger partial charge in [-0.1, -0.05) is 68.9 Å². The molecule has 2 aliphatic carbocycles. The Kier molecular flexibility index (Phi) is 13.4. The van der Waals surface area contributed by atoms with Crippen LogP contribution in [0.1, 0.15) is 85.0 Å². The molecule has 1 amide bonds. The van der Waals surface area contributed by atoms with Crippen LogP contribution in [0.3, 0.4) is 0 Å². The Balaban J connectivity index is 0.00000645. The molecule has 0 aliphatic heterocycles. The molecule has 1 aromatic rings. The summed E-state index contributed by atoms with van der Waals surface area (Å²) in [6, 6.07) is 7.60. The predicted molar refractivity (Wildman–Crippen MR) is 155 cm³/mol. The van der Waals surface area contributed by atoms with Crippen molar-refractivity contribution in [2.75, 3.05) is 13.6 Å². The lowest BCUT2D eigenvalue weighted by molar-refractivity contribution is -0.159. The Labute approximate surface area is 252 Å². The summed E-state index contributed by atoms with van der Waals surface area (Å²) in [5.74, 6) is -2.05. The standard InChI is InChI=1S/C30H41NO10S.H2/c1-30(2,42-29(36)41-20-39-26(33)23-16-10-5-11-17-23)24(27(34)37-18-21-12-6-3-7-13-21)31-28(35)40-19-38-25(32)22-14-8-4-9-15-22;/h3,6-7,12-13,22-24H,4-5,8-11,14-20H2,1-2H3,(H,31,35);1H/t24-;/m0./s1. The fraction of sp³-hybridized carbons (Fsp3) is 0.633. The molecule has 11 nitrogen and oxygen atoms in total. The Bertz CT molecular complexity index is 1060. The van der Waals surface area contributed by atoms with E-state index < -0.39 is 53.7 Å². The second-order valence-electron chi connectivity index (χ2n) is 11.0. The first-order valence-electron chi connectivity index (χ1n) is 14.5. The molecular formula is C30H43NO10S. The van der Waals surface area contributed by atoms with Crippen molar-refractivity contribution >= 4 is 41.1 Å². The average Bonchev–Trinajstić information content (AvgIpc) is 2.99. The smallest absolute Gasteiger partial charge is 0.410 e. The monoisotopic (exact) mass is 609 g/mol. The molecule has 1 aromatic carbocycles.